The van der Waals surface area contributed by atoms with Gasteiger partial charge in [-0.3, -0.25) is 33.7 Å². The van der Waals surface area contributed by atoms with Crippen LogP contribution in [0.2, 0.25) is 0 Å². The molecule has 3 aliphatic rings. The Hall–Kier alpha value is -3.44. The summed E-state index contributed by atoms with van der Waals surface area (Å²) in [5, 5.41) is 22.0. The van der Waals surface area contributed by atoms with E-state index < -0.39 is 76.0 Å². The third kappa shape index (κ3) is 3.25. The molecule has 1 aromatic carbocycles. The molecule has 186 valence electrons. The van der Waals surface area contributed by atoms with Crippen molar-refractivity contribution >= 4 is 34.9 Å². The number of hydrogen-bond acceptors (Lipinski definition) is 9. The summed E-state index contributed by atoms with van der Waals surface area (Å²) in [6.07, 6.45) is -0.0374. The molecule has 0 heterocycles. The Morgan fingerprint density at radius 3 is 2.23 bits per heavy atom. The van der Waals surface area contributed by atoms with Crippen LogP contribution in [0.4, 0.5) is 0 Å². The van der Waals surface area contributed by atoms with Gasteiger partial charge in [0.1, 0.15) is 5.75 Å². The number of hydrogen-bond donors (Lipinski definition) is 3. The van der Waals surface area contributed by atoms with E-state index in [0.29, 0.717) is 0 Å². The van der Waals surface area contributed by atoms with Crippen LogP contribution < -0.4 is 5.73 Å². The number of primary amides is 1. The molecule has 3 aliphatic carbocycles. The fourth-order valence-corrected chi connectivity index (χ4v) is 6.05. The molecule has 4 rings (SSSR count). The summed E-state index contributed by atoms with van der Waals surface area (Å²) in [4.78, 5) is 81.0. The molecule has 0 aromatic heterocycles. The number of fused-ring (bicyclic) bond motifs is 3. The first-order valence-corrected chi connectivity index (χ1v) is 11.2. The average Bonchev–Trinajstić information content (AvgIpc) is 2.75. The number of aliphatic hydroxyl groups is 1. The number of Topliss-reactive ketones (excluding diaryl/α,β-unsaturated/α-hetero) is 4. The number of carbonyl (C=O) groups is 6. The Morgan fingerprint density at radius 1 is 1.06 bits per heavy atom. The van der Waals surface area contributed by atoms with Crippen molar-refractivity contribution in [1.82, 2.24) is 9.80 Å². The summed E-state index contributed by atoms with van der Waals surface area (Å²) in [6, 6.07) is 1.41. The summed E-state index contributed by atoms with van der Waals surface area (Å²) in [5.74, 6) is -11.6. The maximum atomic E-state index is 13.7. The van der Waals surface area contributed by atoms with Crippen LogP contribution in [0, 0.1) is 23.7 Å². The Kier molecular flexibility index (Phi) is 5.68. The van der Waals surface area contributed by atoms with Crippen molar-refractivity contribution in [2.75, 3.05) is 28.2 Å². The van der Waals surface area contributed by atoms with Gasteiger partial charge in [0.2, 0.25) is 5.91 Å². The quantitative estimate of drug-likeness (QED) is 0.433. The molecule has 2 fully saturated rings. The number of nitrogens with zero attached hydrogens (tertiary/aromatic N) is 2. The second-order valence-electron chi connectivity index (χ2n) is 9.97. The lowest BCUT2D eigenvalue weighted by molar-refractivity contribution is -0.181. The van der Waals surface area contributed by atoms with Crippen LogP contribution in [-0.4, -0.2) is 94.8 Å². The van der Waals surface area contributed by atoms with Gasteiger partial charge < -0.3 is 20.8 Å². The molecule has 0 bridgehead atoms. The predicted molar refractivity (Wildman–Crippen MR) is 119 cm³/mol. The van der Waals surface area contributed by atoms with Gasteiger partial charge in [-0.1, -0.05) is 0 Å². The molecule has 4 N–H and O–H groups in total. The van der Waals surface area contributed by atoms with E-state index in [2.05, 4.69) is 0 Å². The SMILES string of the molecule is CN(C)C(=O)c1ccc(O)c2c1C[C@H]1C[C@H]3[C@H](N(C)C)C(=O)C(C(N)=O)C(=O)C3(O)C(=O)C1C2=O. The lowest BCUT2D eigenvalue weighted by atomic mass is 9.52. The highest BCUT2D eigenvalue weighted by atomic mass is 16.3. The minimum atomic E-state index is -2.77. The first-order chi connectivity index (χ1) is 16.2. The molecule has 11 heteroatoms. The summed E-state index contributed by atoms with van der Waals surface area (Å²) in [7, 11) is 6.10. The third-order valence-electron chi connectivity index (χ3n) is 7.58. The maximum absolute atomic E-state index is 13.7. The normalized spacial score (nSPS) is 32.1. The second kappa shape index (κ2) is 8.06. The van der Waals surface area contributed by atoms with E-state index in [4.69, 9.17) is 5.73 Å². The van der Waals surface area contributed by atoms with E-state index in [9.17, 15) is 39.0 Å². The number of benzene rings is 1. The average molecular weight is 485 g/mol. The van der Waals surface area contributed by atoms with Gasteiger partial charge in [0.05, 0.1) is 17.5 Å². The third-order valence-corrected chi connectivity index (χ3v) is 7.58. The molecule has 0 radical (unpaired) electrons. The molecular weight excluding hydrogens is 458 g/mol. The smallest absolute Gasteiger partial charge is 0.253 e. The van der Waals surface area contributed by atoms with Crippen molar-refractivity contribution < 1.29 is 39.0 Å². The van der Waals surface area contributed by atoms with Crippen molar-refractivity contribution in [3.05, 3.63) is 28.8 Å². The molecule has 2 saturated carbocycles. The van der Waals surface area contributed by atoms with Gasteiger partial charge in [0, 0.05) is 25.6 Å². The molecule has 3 unspecified atom stereocenters. The van der Waals surface area contributed by atoms with Gasteiger partial charge in [-0.15, -0.1) is 0 Å². The van der Waals surface area contributed by atoms with Crippen LogP contribution in [0.15, 0.2) is 12.1 Å². The number of aromatic hydroxyl groups is 1. The molecule has 2 amide bonds. The fraction of sp³-hybridized carbons (Fsp3) is 0.500. The van der Waals surface area contributed by atoms with Crippen LogP contribution in [0.3, 0.4) is 0 Å². The number of ketones is 4. The van der Waals surface area contributed by atoms with Crippen LogP contribution >= 0.6 is 0 Å². The van der Waals surface area contributed by atoms with Gasteiger partial charge in [-0.25, -0.2) is 0 Å². The number of amides is 2. The Balaban J connectivity index is 1.89. The lowest BCUT2D eigenvalue weighted by Crippen LogP contribution is -2.74. The summed E-state index contributed by atoms with van der Waals surface area (Å²) >= 11 is 0. The monoisotopic (exact) mass is 485 g/mol. The number of rotatable bonds is 3. The first-order valence-electron chi connectivity index (χ1n) is 11.2. The minimum absolute atomic E-state index is 0.0369. The summed E-state index contributed by atoms with van der Waals surface area (Å²) in [6.45, 7) is 0. The highest BCUT2D eigenvalue weighted by Crippen LogP contribution is 2.51. The first kappa shape index (κ1) is 24.7. The zero-order valence-electron chi connectivity index (χ0n) is 19.8. The fourth-order valence-electron chi connectivity index (χ4n) is 6.05. The number of nitrogens with two attached hydrogens (primary N) is 1. The standard InChI is InChI=1S/C24H27N3O8/c1-26(2)17-12-8-9-7-11-10(23(34)27(3)4)5-6-13(28)15(11)18(29)14(9)20(31)24(12,35)21(32)16(19(17)30)22(25)33/h5-6,9,12,14,16-17,28,35H,7-8H2,1-4H3,(H2,25,33)/t9-,12-,14?,16?,17-,24?/m0/s1. The molecule has 11 nitrogen and oxygen atoms in total. The molecule has 6 atom stereocenters. The van der Waals surface area contributed by atoms with E-state index in [-0.39, 0.29) is 29.5 Å². The zero-order valence-corrected chi connectivity index (χ0v) is 19.8. The number of phenolic OH excluding ortho intramolecular Hbond substituents is 1. The van der Waals surface area contributed by atoms with Crippen LogP contribution in [0.1, 0.15) is 32.7 Å². The van der Waals surface area contributed by atoms with Crippen molar-refractivity contribution in [2.24, 2.45) is 29.4 Å². The Morgan fingerprint density at radius 2 is 1.69 bits per heavy atom. The van der Waals surface area contributed by atoms with Crippen molar-refractivity contribution in [1.29, 1.82) is 0 Å². The number of phenols is 1. The lowest BCUT2D eigenvalue weighted by Gasteiger charge is -2.52. The predicted octanol–water partition coefficient (Wildman–Crippen LogP) is -1.43. The second-order valence-corrected chi connectivity index (χ2v) is 9.97. The number of likely N-dealkylation sites (N-methyl/N-ethyl adjacent to an activating group) is 1. The molecule has 1 aromatic rings. The maximum Gasteiger partial charge on any atom is 0.253 e. The van der Waals surface area contributed by atoms with Gasteiger partial charge >= 0.3 is 0 Å². The van der Waals surface area contributed by atoms with Crippen molar-refractivity contribution in [2.45, 2.75) is 24.5 Å². The summed E-state index contributed by atoms with van der Waals surface area (Å²) in [5.41, 5.74) is 2.78. The van der Waals surface area contributed by atoms with E-state index in [1.165, 1.54) is 50.1 Å². The summed E-state index contributed by atoms with van der Waals surface area (Å²) < 4.78 is 0. The van der Waals surface area contributed by atoms with Gasteiger partial charge in [-0.05, 0) is 50.6 Å². The van der Waals surface area contributed by atoms with Crippen LogP contribution in [0.25, 0.3) is 0 Å². The van der Waals surface area contributed by atoms with Gasteiger partial charge in [-0.2, -0.15) is 0 Å². The topological polar surface area (TPSA) is 175 Å². The highest BCUT2D eigenvalue weighted by Gasteiger charge is 2.69. The minimum Gasteiger partial charge on any atom is -0.507 e. The van der Waals surface area contributed by atoms with E-state index in [1.807, 2.05) is 0 Å². The van der Waals surface area contributed by atoms with Crippen LogP contribution in [0.5, 0.6) is 5.75 Å². The molecule has 0 spiro atoms. The van der Waals surface area contributed by atoms with E-state index in [0.717, 1.165) is 0 Å². The number of carbonyl (C=O) groups excluding carboxylic acids is 6. The van der Waals surface area contributed by atoms with E-state index in [1.54, 1.807) is 0 Å². The van der Waals surface area contributed by atoms with Crippen molar-refractivity contribution in [3.8, 4) is 5.75 Å². The van der Waals surface area contributed by atoms with Gasteiger partial charge in [0.25, 0.3) is 5.91 Å². The highest BCUT2D eigenvalue weighted by molar-refractivity contribution is 6.32. The Labute approximate surface area is 200 Å². The Bertz CT molecular complexity index is 1210. The molecular formula is C24H27N3O8. The molecule has 35 heavy (non-hydrogen) atoms. The van der Waals surface area contributed by atoms with Gasteiger partial charge in [0.15, 0.2) is 34.7 Å². The van der Waals surface area contributed by atoms with E-state index >= 15 is 0 Å². The molecule has 0 aliphatic heterocycles. The van der Waals surface area contributed by atoms with Crippen molar-refractivity contribution in [3.63, 3.8) is 0 Å². The zero-order chi connectivity index (χ0) is 26.1. The largest absolute Gasteiger partial charge is 0.507 e. The molecule has 0 saturated heterocycles. The van der Waals surface area contributed by atoms with Crippen LogP contribution in [-0.2, 0) is 25.6 Å².